The number of ether oxygens (including phenoxy) is 2. The predicted molar refractivity (Wildman–Crippen MR) is 227 cm³/mol. The van der Waals surface area contributed by atoms with Crippen LogP contribution >= 0.6 is 0 Å². The van der Waals surface area contributed by atoms with E-state index in [4.69, 9.17) is 9.47 Å². The van der Waals surface area contributed by atoms with Crippen LogP contribution in [0.15, 0.2) is 48.5 Å². The Morgan fingerprint density at radius 1 is 0.370 bits per heavy atom. The Balaban J connectivity index is 1.97. The van der Waals surface area contributed by atoms with Gasteiger partial charge in [0, 0.05) is 25.7 Å². The molecule has 4 aromatic rings. The fourth-order valence-corrected chi connectivity index (χ4v) is 7.42. The highest BCUT2D eigenvalue weighted by atomic mass is 16.5. The van der Waals surface area contributed by atoms with Crippen LogP contribution in [0.25, 0.3) is 0 Å². The molecule has 0 aromatic heterocycles. The van der Waals surface area contributed by atoms with Crippen LogP contribution in [0.4, 0.5) is 0 Å². The molecular weight excluding hydrogens is 665 g/mol. The molecule has 0 unspecified atom stereocenters. The highest BCUT2D eigenvalue weighted by Crippen LogP contribution is 2.44. The van der Waals surface area contributed by atoms with Gasteiger partial charge in [-0.25, -0.2) is 0 Å². The Morgan fingerprint density at radius 3 is 0.722 bits per heavy atom. The van der Waals surface area contributed by atoms with Crippen LogP contribution in [0.1, 0.15) is 178 Å². The Labute approximate surface area is 327 Å². The second kappa shape index (κ2) is 14.6. The van der Waals surface area contributed by atoms with Crippen LogP contribution in [0.5, 0.6) is 23.0 Å². The summed E-state index contributed by atoms with van der Waals surface area (Å²) in [6, 6.07) is 17.9. The van der Waals surface area contributed by atoms with Gasteiger partial charge in [-0.1, -0.05) is 132 Å². The van der Waals surface area contributed by atoms with Crippen molar-refractivity contribution in [1.29, 1.82) is 0 Å². The van der Waals surface area contributed by atoms with Gasteiger partial charge in [0.05, 0.1) is 12.2 Å². The van der Waals surface area contributed by atoms with Crippen molar-refractivity contribution in [1.82, 2.24) is 0 Å². The molecule has 4 nitrogen and oxygen atoms in total. The summed E-state index contributed by atoms with van der Waals surface area (Å²) in [7, 11) is 0. The third-order valence-corrected chi connectivity index (χ3v) is 10.7. The van der Waals surface area contributed by atoms with Crippen LogP contribution in [-0.4, -0.2) is 22.4 Å². The summed E-state index contributed by atoms with van der Waals surface area (Å²) >= 11 is 0. The highest BCUT2D eigenvalue weighted by molar-refractivity contribution is 5.59. The molecule has 0 saturated carbocycles. The van der Waals surface area contributed by atoms with Gasteiger partial charge in [0.2, 0.25) is 0 Å². The predicted octanol–water partition coefficient (Wildman–Crippen LogP) is 12.5. The number of aromatic hydroxyl groups is 2. The van der Waals surface area contributed by atoms with Crippen molar-refractivity contribution < 1.29 is 19.7 Å². The first kappa shape index (κ1) is 41.2. The molecule has 0 heterocycles. The number of phenols is 2. The van der Waals surface area contributed by atoms with Crippen LogP contribution in [0, 0.1) is 0 Å². The average molecular weight is 733 g/mol. The molecule has 2 N–H and O–H groups in total. The number of benzene rings is 4. The summed E-state index contributed by atoms with van der Waals surface area (Å²) in [5, 5.41) is 24.7. The zero-order valence-electron chi connectivity index (χ0n) is 36.3. The van der Waals surface area contributed by atoms with Crippen LogP contribution in [0.3, 0.4) is 0 Å². The lowest BCUT2D eigenvalue weighted by Crippen LogP contribution is -2.18. The molecule has 4 heteroatoms. The zero-order chi connectivity index (χ0) is 40.3. The van der Waals surface area contributed by atoms with E-state index in [9.17, 15) is 10.2 Å². The lowest BCUT2D eigenvalue weighted by atomic mass is 9.79. The maximum atomic E-state index is 12.3. The first-order chi connectivity index (χ1) is 24.7. The molecule has 0 spiro atoms. The van der Waals surface area contributed by atoms with Gasteiger partial charge in [-0.15, -0.1) is 0 Å². The van der Waals surface area contributed by atoms with E-state index in [0.717, 1.165) is 56.0 Å². The lowest BCUT2D eigenvalue weighted by Gasteiger charge is -2.29. The minimum Gasteiger partial charge on any atom is -0.507 e. The van der Waals surface area contributed by atoms with Gasteiger partial charge < -0.3 is 19.7 Å². The van der Waals surface area contributed by atoms with E-state index in [1.54, 1.807) is 0 Å². The summed E-state index contributed by atoms with van der Waals surface area (Å²) in [6.45, 7) is 35.2. The standard InChI is InChI=1S/C50H68O4/c1-29(2)53-45-35-17-31-21-39(47(5,6)7)23-33(43(31)51)19-37-27-42(50(14,15)16)28-38(46(37)54-30(3)4)20-34-24-40(48(8,9)10)22-32(44(34)52)18-36(45)26-41(25-35)49(11,12)13/h21-30,51-52H,17-20H2,1-16H3. The van der Waals surface area contributed by atoms with E-state index in [0.29, 0.717) is 37.2 Å². The van der Waals surface area contributed by atoms with Gasteiger partial charge >= 0.3 is 0 Å². The molecule has 4 aromatic carbocycles. The molecule has 0 saturated heterocycles. The van der Waals surface area contributed by atoms with E-state index < -0.39 is 0 Å². The van der Waals surface area contributed by atoms with Gasteiger partial charge in [-0.05, 0) is 116 Å². The van der Waals surface area contributed by atoms with Crippen LogP contribution < -0.4 is 9.47 Å². The lowest BCUT2D eigenvalue weighted by molar-refractivity contribution is 0.238. The topological polar surface area (TPSA) is 58.9 Å². The van der Waals surface area contributed by atoms with Gasteiger partial charge in [-0.3, -0.25) is 0 Å². The van der Waals surface area contributed by atoms with Crippen molar-refractivity contribution in [3.05, 3.63) is 115 Å². The van der Waals surface area contributed by atoms with E-state index >= 15 is 0 Å². The normalized spacial score (nSPS) is 14.1. The second-order valence-electron chi connectivity index (χ2n) is 20.6. The van der Waals surface area contributed by atoms with Crippen molar-refractivity contribution >= 4 is 0 Å². The molecule has 0 atom stereocenters. The summed E-state index contributed by atoms with van der Waals surface area (Å²) < 4.78 is 13.5. The molecule has 0 fully saturated rings. The molecule has 5 rings (SSSR count). The molecular formula is C50H68O4. The van der Waals surface area contributed by atoms with Crippen LogP contribution in [0.2, 0.25) is 0 Å². The minimum atomic E-state index is -0.144. The Bertz CT molecular complexity index is 1770. The highest BCUT2D eigenvalue weighted by Gasteiger charge is 2.29. The Hall–Kier alpha value is -3.92. The Kier molecular flexibility index (Phi) is 11.2. The number of hydrogen-bond acceptors (Lipinski definition) is 4. The minimum absolute atomic E-state index is 0.0647. The van der Waals surface area contributed by atoms with Crippen molar-refractivity contribution in [3.8, 4) is 23.0 Å². The van der Waals surface area contributed by atoms with Gasteiger partial charge in [0.25, 0.3) is 0 Å². The van der Waals surface area contributed by atoms with E-state index in [-0.39, 0.29) is 33.9 Å². The SMILES string of the molecule is CC(C)Oc1c2cc(C(C)(C)C)cc1Cc1cc(C(C)(C)C)cc(c1O)Cc1cc(C(C)(C)C)cc(c1OC(C)C)Cc1cc(C(C)(C)C)cc(c1O)C2. The summed E-state index contributed by atoms with van der Waals surface area (Å²) in [6.07, 6.45) is 1.89. The summed E-state index contributed by atoms with van der Waals surface area (Å²) in [4.78, 5) is 0. The first-order valence-corrected chi connectivity index (χ1v) is 20.1. The maximum Gasteiger partial charge on any atom is 0.126 e. The Morgan fingerprint density at radius 2 is 0.556 bits per heavy atom. The van der Waals surface area contributed by atoms with E-state index in [1.807, 2.05) is 0 Å². The molecule has 8 bridgehead atoms. The molecule has 1 aliphatic rings. The quantitative estimate of drug-likeness (QED) is 0.193. The largest absolute Gasteiger partial charge is 0.507 e. The van der Waals surface area contributed by atoms with Crippen molar-refractivity contribution in [2.45, 2.75) is 170 Å². The fraction of sp³-hybridized carbons (Fsp3) is 0.520. The second-order valence-corrected chi connectivity index (χ2v) is 20.6. The number of hydrogen-bond donors (Lipinski definition) is 2. The van der Waals surface area contributed by atoms with Crippen molar-refractivity contribution in [3.63, 3.8) is 0 Å². The summed E-state index contributed by atoms with van der Waals surface area (Å²) in [5.41, 5.74) is 11.9. The maximum absolute atomic E-state index is 12.3. The van der Waals surface area contributed by atoms with Gasteiger partial charge in [0.15, 0.2) is 0 Å². The van der Waals surface area contributed by atoms with E-state index in [2.05, 4.69) is 159 Å². The average Bonchev–Trinajstić information content (AvgIpc) is 3.00. The number of rotatable bonds is 4. The third kappa shape index (κ3) is 9.12. The summed E-state index contributed by atoms with van der Waals surface area (Å²) in [5.74, 6) is 2.32. The zero-order valence-corrected chi connectivity index (χ0v) is 36.3. The number of phenolic OH excluding ortho intramolecular Hbond substituents is 2. The van der Waals surface area contributed by atoms with Crippen molar-refractivity contribution in [2.24, 2.45) is 0 Å². The van der Waals surface area contributed by atoms with Gasteiger partial charge in [0.1, 0.15) is 23.0 Å². The molecule has 292 valence electrons. The molecule has 1 aliphatic carbocycles. The monoisotopic (exact) mass is 733 g/mol. The smallest absolute Gasteiger partial charge is 0.126 e. The number of fused-ring (bicyclic) bond motifs is 8. The van der Waals surface area contributed by atoms with E-state index in [1.165, 1.54) is 22.3 Å². The molecule has 54 heavy (non-hydrogen) atoms. The first-order valence-electron chi connectivity index (χ1n) is 20.1. The van der Waals surface area contributed by atoms with Crippen LogP contribution in [-0.2, 0) is 47.3 Å². The fourth-order valence-electron chi connectivity index (χ4n) is 7.42. The molecule has 0 radical (unpaired) electrons. The molecule has 0 amide bonds. The third-order valence-electron chi connectivity index (χ3n) is 10.7. The van der Waals surface area contributed by atoms with Gasteiger partial charge in [-0.2, -0.15) is 0 Å². The van der Waals surface area contributed by atoms with Crippen molar-refractivity contribution in [2.75, 3.05) is 0 Å². The molecule has 0 aliphatic heterocycles.